The van der Waals surface area contributed by atoms with Crippen LogP contribution in [0.1, 0.15) is 35.0 Å². The van der Waals surface area contributed by atoms with Gasteiger partial charge in [0.05, 0.1) is 18.1 Å². The van der Waals surface area contributed by atoms with Crippen LogP contribution in [0, 0.1) is 6.92 Å². The fourth-order valence-electron chi connectivity index (χ4n) is 4.09. The topological polar surface area (TPSA) is 115 Å². The van der Waals surface area contributed by atoms with E-state index in [1.54, 1.807) is 29.7 Å². The molecule has 3 aromatic rings. The SMILES string of the molecule is CCOC(=O)c1c(-c2ccccc2)csc1NC(=O)CSC1=N/C(=C/c2cn(C)nc2C)C(=O)N1CCCOC. The number of thioether (sulfide) groups is 1. The van der Waals surface area contributed by atoms with Crippen molar-refractivity contribution in [3.8, 4) is 11.1 Å². The number of amidine groups is 1. The highest BCUT2D eigenvalue weighted by Crippen LogP contribution is 2.36. The van der Waals surface area contributed by atoms with Gasteiger partial charge >= 0.3 is 5.97 Å². The number of carbonyl (C=O) groups excluding carboxylic acids is 3. The molecule has 2 aromatic heterocycles. The van der Waals surface area contributed by atoms with Crippen LogP contribution in [0.2, 0.25) is 0 Å². The number of carbonyl (C=O) groups is 3. The van der Waals surface area contributed by atoms with Crippen molar-refractivity contribution in [2.24, 2.45) is 12.0 Å². The predicted octanol–water partition coefficient (Wildman–Crippen LogP) is 4.58. The number of methoxy groups -OCH3 is 1. The summed E-state index contributed by atoms with van der Waals surface area (Å²) in [4.78, 5) is 45.2. The fraction of sp³-hybridized carbons (Fsp3) is 0.321. The molecular weight excluding hydrogens is 550 g/mol. The van der Waals surface area contributed by atoms with Crippen molar-refractivity contribution < 1.29 is 23.9 Å². The third-order valence-electron chi connectivity index (χ3n) is 5.93. The maximum absolute atomic E-state index is 13.2. The summed E-state index contributed by atoms with van der Waals surface area (Å²) in [5, 5.41) is 9.86. The summed E-state index contributed by atoms with van der Waals surface area (Å²) in [6, 6.07) is 9.47. The van der Waals surface area contributed by atoms with Crippen molar-refractivity contribution in [1.29, 1.82) is 0 Å². The van der Waals surface area contributed by atoms with Gasteiger partial charge in [-0.3, -0.25) is 19.2 Å². The molecule has 40 heavy (non-hydrogen) atoms. The predicted molar refractivity (Wildman–Crippen MR) is 158 cm³/mol. The number of aliphatic imine (C=N–C) groups is 1. The molecule has 0 bridgehead atoms. The van der Waals surface area contributed by atoms with Crippen molar-refractivity contribution in [2.75, 3.05) is 37.9 Å². The number of aromatic nitrogens is 2. The Morgan fingerprint density at radius 3 is 2.67 bits per heavy atom. The second kappa shape index (κ2) is 13.6. The Morgan fingerprint density at radius 2 is 2.00 bits per heavy atom. The molecule has 1 aromatic carbocycles. The summed E-state index contributed by atoms with van der Waals surface area (Å²) in [5.74, 6) is -1.07. The summed E-state index contributed by atoms with van der Waals surface area (Å²) in [7, 11) is 3.42. The Morgan fingerprint density at radius 1 is 1.23 bits per heavy atom. The Hall–Kier alpha value is -3.74. The number of ether oxygens (including phenoxy) is 2. The third kappa shape index (κ3) is 6.87. The molecule has 210 valence electrons. The Balaban J connectivity index is 1.52. The first-order chi connectivity index (χ1) is 19.3. The Kier molecular flexibility index (Phi) is 9.91. The number of rotatable bonds is 11. The Bertz CT molecular complexity index is 1440. The zero-order chi connectivity index (χ0) is 28.6. The van der Waals surface area contributed by atoms with Gasteiger partial charge in [0, 0.05) is 50.0 Å². The number of hydrogen-bond donors (Lipinski definition) is 1. The van der Waals surface area contributed by atoms with E-state index in [0.29, 0.717) is 40.9 Å². The van der Waals surface area contributed by atoms with Gasteiger partial charge < -0.3 is 14.8 Å². The van der Waals surface area contributed by atoms with Gasteiger partial charge in [-0.1, -0.05) is 42.1 Å². The zero-order valence-corrected chi connectivity index (χ0v) is 24.4. The number of nitrogens with one attached hydrogen (secondary N) is 1. The van der Waals surface area contributed by atoms with Gasteiger partial charge in [0.25, 0.3) is 5.91 Å². The average Bonchev–Trinajstić information content (AvgIpc) is 3.59. The molecule has 0 radical (unpaired) electrons. The number of benzene rings is 1. The van der Waals surface area contributed by atoms with E-state index in [4.69, 9.17) is 9.47 Å². The maximum atomic E-state index is 13.2. The van der Waals surface area contributed by atoms with Crippen molar-refractivity contribution >= 4 is 57.1 Å². The van der Waals surface area contributed by atoms with Crippen molar-refractivity contribution in [2.45, 2.75) is 20.3 Å². The molecule has 0 spiro atoms. The van der Waals surface area contributed by atoms with Crippen LogP contribution in [-0.2, 0) is 26.1 Å². The van der Waals surface area contributed by atoms with Crippen LogP contribution in [0.15, 0.2) is 52.6 Å². The molecule has 1 N–H and O–H groups in total. The van der Waals surface area contributed by atoms with Crippen LogP contribution in [0.5, 0.6) is 0 Å². The molecule has 0 atom stereocenters. The molecule has 0 saturated carbocycles. The molecule has 1 aliphatic rings. The van der Waals surface area contributed by atoms with Crippen LogP contribution in [-0.4, -0.2) is 70.3 Å². The summed E-state index contributed by atoms with van der Waals surface area (Å²) in [5.41, 5.74) is 3.74. The molecular formula is C28H31N5O5S2. The number of hydrogen-bond acceptors (Lipinski definition) is 9. The van der Waals surface area contributed by atoms with E-state index in [0.717, 1.165) is 28.6 Å². The van der Waals surface area contributed by atoms with E-state index >= 15 is 0 Å². The first-order valence-electron chi connectivity index (χ1n) is 12.7. The molecule has 0 fully saturated rings. The van der Waals surface area contributed by atoms with E-state index < -0.39 is 5.97 Å². The summed E-state index contributed by atoms with van der Waals surface area (Å²) in [6.07, 6.45) is 4.16. The minimum Gasteiger partial charge on any atom is -0.462 e. The van der Waals surface area contributed by atoms with Crippen LogP contribution in [0.25, 0.3) is 17.2 Å². The lowest BCUT2D eigenvalue weighted by atomic mass is 10.0. The summed E-state index contributed by atoms with van der Waals surface area (Å²) >= 11 is 2.43. The highest BCUT2D eigenvalue weighted by molar-refractivity contribution is 8.14. The van der Waals surface area contributed by atoms with Gasteiger partial charge in [-0.25, -0.2) is 9.79 Å². The van der Waals surface area contributed by atoms with Crippen LogP contribution >= 0.6 is 23.1 Å². The number of aryl methyl sites for hydroxylation is 2. The first-order valence-corrected chi connectivity index (χ1v) is 14.6. The number of thiophene rings is 1. The molecule has 12 heteroatoms. The standard InChI is InChI=1S/C28H31N5O5S2/c1-5-38-27(36)24-21(19-10-7-6-8-11-19)16-39-25(24)30-23(34)17-40-28-29-22(14-20-15-32(3)31-18(20)2)26(35)33(28)12-9-13-37-4/h6-8,10-11,14-16H,5,9,12-13,17H2,1-4H3,(H,30,34)/b22-14+. The highest BCUT2D eigenvalue weighted by atomic mass is 32.2. The van der Waals surface area contributed by atoms with Gasteiger partial charge in [-0.15, -0.1) is 11.3 Å². The normalized spacial score (nSPS) is 14.1. The minimum atomic E-state index is -0.499. The van der Waals surface area contributed by atoms with E-state index in [2.05, 4.69) is 15.4 Å². The Labute approximate surface area is 241 Å². The molecule has 0 saturated heterocycles. The van der Waals surface area contributed by atoms with Crippen LogP contribution in [0.3, 0.4) is 0 Å². The van der Waals surface area contributed by atoms with Gasteiger partial charge in [0.2, 0.25) is 5.91 Å². The highest BCUT2D eigenvalue weighted by Gasteiger charge is 2.31. The first kappa shape index (κ1) is 29.2. The molecule has 3 heterocycles. The third-order valence-corrected chi connectivity index (χ3v) is 7.80. The van der Waals surface area contributed by atoms with E-state index in [-0.39, 0.29) is 29.9 Å². The van der Waals surface area contributed by atoms with E-state index in [1.165, 1.54) is 11.3 Å². The largest absolute Gasteiger partial charge is 0.462 e. The van der Waals surface area contributed by atoms with E-state index in [1.807, 2.05) is 55.9 Å². The number of anilines is 1. The maximum Gasteiger partial charge on any atom is 0.341 e. The fourth-order valence-corrected chi connectivity index (χ4v) is 5.89. The van der Waals surface area contributed by atoms with Crippen molar-refractivity contribution in [1.82, 2.24) is 14.7 Å². The van der Waals surface area contributed by atoms with E-state index in [9.17, 15) is 14.4 Å². The van der Waals surface area contributed by atoms with Gasteiger partial charge in [-0.05, 0) is 31.9 Å². The number of amides is 2. The monoisotopic (exact) mass is 581 g/mol. The lowest BCUT2D eigenvalue weighted by molar-refractivity contribution is -0.122. The van der Waals surface area contributed by atoms with Crippen molar-refractivity contribution in [3.63, 3.8) is 0 Å². The van der Waals surface area contributed by atoms with Gasteiger partial charge in [0.1, 0.15) is 16.3 Å². The molecule has 4 rings (SSSR count). The zero-order valence-electron chi connectivity index (χ0n) is 22.8. The second-order valence-corrected chi connectivity index (χ2v) is 10.7. The second-order valence-electron chi connectivity index (χ2n) is 8.85. The number of nitrogens with zero attached hydrogens (tertiary/aromatic N) is 4. The summed E-state index contributed by atoms with van der Waals surface area (Å²) < 4.78 is 12.1. The molecule has 1 aliphatic heterocycles. The quantitative estimate of drug-likeness (QED) is 0.200. The molecule has 0 unspecified atom stereocenters. The molecule has 10 nitrogen and oxygen atoms in total. The van der Waals surface area contributed by atoms with Crippen LogP contribution < -0.4 is 5.32 Å². The summed E-state index contributed by atoms with van der Waals surface area (Å²) in [6.45, 7) is 4.71. The van der Waals surface area contributed by atoms with Crippen molar-refractivity contribution in [3.05, 3.63) is 64.4 Å². The number of esters is 1. The minimum absolute atomic E-state index is 0.00702. The smallest absolute Gasteiger partial charge is 0.341 e. The average molecular weight is 582 g/mol. The van der Waals surface area contributed by atoms with Gasteiger partial charge in [-0.2, -0.15) is 5.10 Å². The van der Waals surface area contributed by atoms with Gasteiger partial charge in [0.15, 0.2) is 5.17 Å². The molecule has 2 amide bonds. The lowest BCUT2D eigenvalue weighted by Crippen LogP contribution is -2.32. The molecule has 0 aliphatic carbocycles. The van der Waals surface area contributed by atoms with Crippen LogP contribution in [0.4, 0.5) is 5.00 Å². The lowest BCUT2D eigenvalue weighted by Gasteiger charge is -2.17.